The molecule has 0 aliphatic heterocycles. The molecule has 0 aliphatic rings. The van der Waals surface area contributed by atoms with Crippen LogP contribution in [0.25, 0.3) is 0 Å². The predicted molar refractivity (Wildman–Crippen MR) is 79.5 cm³/mol. The van der Waals surface area contributed by atoms with Crippen molar-refractivity contribution < 1.29 is 4.74 Å². The molecule has 0 fully saturated rings. The monoisotopic (exact) mass is 255 g/mol. The summed E-state index contributed by atoms with van der Waals surface area (Å²) in [4.78, 5) is 0. The van der Waals surface area contributed by atoms with Crippen LogP contribution in [0.5, 0.6) is 5.75 Å². The van der Waals surface area contributed by atoms with Crippen LogP contribution in [0, 0.1) is 0 Å². The van der Waals surface area contributed by atoms with E-state index in [9.17, 15) is 0 Å². The predicted octanol–water partition coefficient (Wildman–Crippen LogP) is 3.39. The summed E-state index contributed by atoms with van der Waals surface area (Å²) in [6.07, 6.45) is 1.84. The molecule has 0 saturated carbocycles. The zero-order chi connectivity index (χ0) is 13.5. The van der Waals surface area contributed by atoms with Crippen LogP contribution in [0.3, 0.4) is 0 Å². The van der Waals surface area contributed by atoms with Gasteiger partial charge in [0, 0.05) is 6.04 Å². The molecular formula is C17H21NO. The number of hydrogen-bond acceptors (Lipinski definition) is 2. The summed E-state index contributed by atoms with van der Waals surface area (Å²) in [5.41, 5.74) is 8.31. The van der Waals surface area contributed by atoms with Crippen LogP contribution < -0.4 is 10.5 Å². The van der Waals surface area contributed by atoms with E-state index in [1.165, 1.54) is 11.1 Å². The molecule has 2 N–H and O–H groups in total. The second kappa shape index (κ2) is 6.95. The third-order valence-electron chi connectivity index (χ3n) is 3.02. The van der Waals surface area contributed by atoms with Gasteiger partial charge in [0.2, 0.25) is 0 Å². The first-order valence-electron chi connectivity index (χ1n) is 6.75. The summed E-state index contributed by atoms with van der Waals surface area (Å²) in [6, 6.07) is 19.0. The maximum atomic E-state index is 5.69. The highest BCUT2D eigenvalue weighted by Crippen LogP contribution is 2.15. The molecule has 0 spiro atoms. The van der Waals surface area contributed by atoms with E-state index in [1.807, 2.05) is 25.1 Å². The molecule has 100 valence electrons. The van der Waals surface area contributed by atoms with E-state index in [2.05, 4.69) is 36.4 Å². The zero-order valence-corrected chi connectivity index (χ0v) is 11.4. The minimum Gasteiger partial charge on any atom is -0.494 e. The lowest BCUT2D eigenvalue weighted by molar-refractivity contribution is 0.301. The van der Waals surface area contributed by atoms with Gasteiger partial charge in [-0.25, -0.2) is 0 Å². The van der Waals surface area contributed by atoms with Crippen molar-refractivity contribution in [2.75, 3.05) is 6.61 Å². The van der Waals surface area contributed by atoms with Gasteiger partial charge in [-0.05, 0) is 43.0 Å². The van der Waals surface area contributed by atoms with Crippen LogP contribution in [0.4, 0.5) is 0 Å². The van der Waals surface area contributed by atoms with Gasteiger partial charge in [0.1, 0.15) is 5.75 Å². The molecule has 0 radical (unpaired) electrons. The number of rotatable bonds is 6. The fourth-order valence-corrected chi connectivity index (χ4v) is 1.90. The third-order valence-corrected chi connectivity index (χ3v) is 3.02. The Morgan fingerprint density at radius 1 is 0.947 bits per heavy atom. The maximum absolute atomic E-state index is 5.69. The van der Waals surface area contributed by atoms with Crippen molar-refractivity contribution in [3.63, 3.8) is 0 Å². The summed E-state index contributed by atoms with van der Waals surface area (Å²) in [5, 5.41) is 0. The van der Waals surface area contributed by atoms with E-state index in [-0.39, 0.29) is 6.04 Å². The van der Waals surface area contributed by atoms with Crippen molar-refractivity contribution in [3.05, 3.63) is 65.7 Å². The Kier molecular flexibility index (Phi) is 4.99. The molecule has 2 heteroatoms. The van der Waals surface area contributed by atoms with Crippen molar-refractivity contribution in [3.8, 4) is 5.75 Å². The van der Waals surface area contributed by atoms with Crippen LogP contribution in [0.1, 0.15) is 24.5 Å². The van der Waals surface area contributed by atoms with Gasteiger partial charge in [-0.2, -0.15) is 0 Å². The van der Waals surface area contributed by atoms with Gasteiger partial charge in [0.05, 0.1) is 6.61 Å². The maximum Gasteiger partial charge on any atom is 0.119 e. The molecule has 1 unspecified atom stereocenters. The summed E-state index contributed by atoms with van der Waals surface area (Å²) < 4.78 is 5.64. The minimum atomic E-state index is 0.192. The van der Waals surface area contributed by atoms with Crippen LogP contribution >= 0.6 is 0 Å². The molecule has 0 amide bonds. The number of ether oxygens (including phenoxy) is 1. The van der Waals surface area contributed by atoms with Gasteiger partial charge in [-0.1, -0.05) is 42.5 Å². The second-order valence-corrected chi connectivity index (χ2v) is 4.92. The Morgan fingerprint density at radius 3 is 2.21 bits per heavy atom. The SMILES string of the molecule is CC(N)CCOc1ccc(Cc2ccccc2)cc1. The largest absolute Gasteiger partial charge is 0.494 e. The lowest BCUT2D eigenvalue weighted by atomic mass is 10.1. The van der Waals surface area contributed by atoms with Gasteiger partial charge >= 0.3 is 0 Å². The Hall–Kier alpha value is -1.80. The molecule has 0 saturated heterocycles. The van der Waals surface area contributed by atoms with Crippen molar-refractivity contribution in [1.29, 1.82) is 0 Å². The van der Waals surface area contributed by atoms with Crippen molar-refractivity contribution in [1.82, 2.24) is 0 Å². The molecule has 1 atom stereocenters. The van der Waals surface area contributed by atoms with Crippen LogP contribution in [-0.2, 0) is 6.42 Å². The lowest BCUT2D eigenvalue weighted by Crippen LogP contribution is -2.18. The lowest BCUT2D eigenvalue weighted by Gasteiger charge is -2.09. The Labute approximate surface area is 115 Å². The fraction of sp³-hybridized carbons (Fsp3) is 0.294. The van der Waals surface area contributed by atoms with Gasteiger partial charge in [0.25, 0.3) is 0 Å². The van der Waals surface area contributed by atoms with E-state index in [0.717, 1.165) is 18.6 Å². The molecule has 2 rings (SSSR count). The molecule has 2 aromatic carbocycles. The van der Waals surface area contributed by atoms with Crippen molar-refractivity contribution >= 4 is 0 Å². The summed E-state index contributed by atoms with van der Waals surface area (Å²) in [5.74, 6) is 0.914. The first-order chi connectivity index (χ1) is 9.24. The Morgan fingerprint density at radius 2 is 1.58 bits per heavy atom. The molecule has 0 aliphatic carbocycles. The Bertz CT molecular complexity index is 476. The summed E-state index contributed by atoms with van der Waals surface area (Å²) in [6.45, 7) is 2.67. The van der Waals surface area contributed by atoms with Crippen molar-refractivity contribution in [2.45, 2.75) is 25.8 Å². The summed E-state index contributed by atoms with van der Waals surface area (Å²) in [7, 11) is 0. The van der Waals surface area contributed by atoms with Gasteiger partial charge in [0.15, 0.2) is 0 Å². The molecule has 2 nitrogen and oxygen atoms in total. The quantitative estimate of drug-likeness (QED) is 0.858. The third kappa shape index (κ3) is 4.76. The highest BCUT2D eigenvalue weighted by atomic mass is 16.5. The Balaban J connectivity index is 1.88. The first-order valence-corrected chi connectivity index (χ1v) is 6.75. The molecular weight excluding hydrogens is 234 g/mol. The molecule has 2 aromatic rings. The summed E-state index contributed by atoms with van der Waals surface area (Å²) >= 11 is 0. The van der Waals surface area contributed by atoms with Crippen LogP contribution in [0.2, 0.25) is 0 Å². The topological polar surface area (TPSA) is 35.2 Å². The number of benzene rings is 2. The smallest absolute Gasteiger partial charge is 0.119 e. The van der Waals surface area contributed by atoms with E-state index in [1.54, 1.807) is 0 Å². The van der Waals surface area contributed by atoms with Crippen LogP contribution in [-0.4, -0.2) is 12.6 Å². The molecule has 19 heavy (non-hydrogen) atoms. The van der Waals surface area contributed by atoms with E-state index in [0.29, 0.717) is 6.61 Å². The standard InChI is InChI=1S/C17H21NO/c1-14(18)11-12-19-17-9-7-16(8-10-17)13-15-5-3-2-4-6-15/h2-10,14H,11-13,18H2,1H3. The minimum absolute atomic E-state index is 0.192. The first kappa shape index (κ1) is 13.6. The average Bonchev–Trinajstić information content (AvgIpc) is 2.42. The number of hydrogen-bond donors (Lipinski definition) is 1. The molecule has 0 bridgehead atoms. The molecule has 0 heterocycles. The number of nitrogens with two attached hydrogens (primary N) is 1. The second-order valence-electron chi connectivity index (χ2n) is 4.92. The highest BCUT2D eigenvalue weighted by Gasteiger charge is 1.99. The average molecular weight is 255 g/mol. The highest BCUT2D eigenvalue weighted by molar-refractivity contribution is 5.31. The normalized spacial score (nSPS) is 12.1. The zero-order valence-electron chi connectivity index (χ0n) is 11.4. The van der Waals surface area contributed by atoms with Gasteiger partial charge in [-0.15, -0.1) is 0 Å². The van der Waals surface area contributed by atoms with Crippen molar-refractivity contribution in [2.24, 2.45) is 5.73 Å². The van der Waals surface area contributed by atoms with Gasteiger partial charge < -0.3 is 10.5 Å². The van der Waals surface area contributed by atoms with E-state index in [4.69, 9.17) is 10.5 Å². The fourth-order valence-electron chi connectivity index (χ4n) is 1.90. The van der Waals surface area contributed by atoms with Gasteiger partial charge in [-0.3, -0.25) is 0 Å². The van der Waals surface area contributed by atoms with E-state index < -0.39 is 0 Å². The van der Waals surface area contributed by atoms with Crippen LogP contribution in [0.15, 0.2) is 54.6 Å². The van der Waals surface area contributed by atoms with E-state index >= 15 is 0 Å². The molecule has 0 aromatic heterocycles.